The van der Waals surface area contributed by atoms with Crippen molar-refractivity contribution in [1.82, 2.24) is 4.57 Å². The number of hydrogen-bond donors (Lipinski definition) is 0. The second kappa shape index (κ2) is 3.17. The highest BCUT2D eigenvalue weighted by Gasteiger charge is 2.21. The fourth-order valence-corrected chi connectivity index (χ4v) is 1.96. The zero-order valence-electron chi connectivity index (χ0n) is 9.41. The Morgan fingerprint density at radius 2 is 1.93 bits per heavy atom. The van der Waals surface area contributed by atoms with Crippen LogP contribution in [0.2, 0.25) is 0 Å². The molecule has 0 aliphatic carbocycles. The number of fused-ring (bicyclic) bond motifs is 1. The number of aromatic nitrogens is 1. The minimum absolute atomic E-state index is 0.215. The van der Waals surface area contributed by atoms with Gasteiger partial charge in [0.25, 0.3) is 0 Å². The molecule has 0 aliphatic heterocycles. The third kappa shape index (κ3) is 1.43. The second-order valence-electron chi connectivity index (χ2n) is 4.42. The van der Waals surface area contributed by atoms with Gasteiger partial charge in [-0.1, -0.05) is 24.1 Å². The minimum Gasteiger partial charge on any atom is -0.346 e. The average molecular weight is 197 g/mol. The maximum Gasteiger partial charge on any atom is 0.0655 e. The van der Waals surface area contributed by atoms with E-state index in [0.29, 0.717) is 0 Å². The van der Waals surface area contributed by atoms with Crippen molar-refractivity contribution in [3.63, 3.8) is 0 Å². The van der Waals surface area contributed by atoms with E-state index >= 15 is 0 Å². The van der Waals surface area contributed by atoms with Crippen LogP contribution in [0.3, 0.4) is 0 Å². The number of nitrogens with zero attached hydrogens (tertiary/aromatic N) is 1. The molecule has 1 aromatic heterocycles. The predicted octanol–water partition coefficient (Wildman–Crippen LogP) is 3.09. The third-order valence-corrected chi connectivity index (χ3v) is 2.95. The van der Waals surface area contributed by atoms with Crippen molar-refractivity contribution in [2.24, 2.45) is 7.05 Å². The first kappa shape index (κ1) is 9.86. The van der Waals surface area contributed by atoms with E-state index in [2.05, 4.69) is 61.7 Å². The monoisotopic (exact) mass is 197 g/mol. The largest absolute Gasteiger partial charge is 0.346 e. The molecule has 0 fully saturated rings. The quantitative estimate of drug-likeness (QED) is 0.619. The van der Waals surface area contributed by atoms with E-state index in [1.807, 2.05) is 0 Å². The Kier molecular flexibility index (Phi) is 2.08. The van der Waals surface area contributed by atoms with Crippen LogP contribution >= 0.6 is 0 Å². The van der Waals surface area contributed by atoms with Gasteiger partial charge in [0.2, 0.25) is 0 Å². The lowest BCUT2D eigenvalue weighted by Gasteiger charge is -2.18. The number of hydrogen-bond acceptors (Lipinski definition) is 0. The molecule has 0 spiro atoms. The standard InChI is InChI=1S/C14H15N/c1-5-14(2,3)13-10-11-8-6-7-9-12(11)15(13)4/h1,6-10H,2-4H3. The Bertz CT molecular complexity index is 538. The molecule has 0 atom stereocenters. The van der Waals surface area contributed by atoms with E-state index < -0.39 is 0 Å². The van der Waals surface area contributed by atoms with Crippen LogP contribution < -0.4 is 0 Å². The van der Waals surface area contributed by atoms with Gasteiger partial charge in [-0.25, -0.2) is 0 Å². The van der Waals surface area contributed by atoms with Crippen molar-refractivity contribution in [3.8, 4) is 12.3 Å². The maximum absolute atomic E-state index is 5.57. The fraction of sp³-hybridized carbons (Fsp3) is 0.286. The van der Waals surface area contributed by atoms with Gasteiger partial charge in [-0.3, -0.25) is 0 Å². The molecule has 0 radical (unpaired) electrons. The van der Waals surface area contributed by atoms with Gasteiger partial charge in [0, 0.05) is 18.3 Å². The lowest BCUT2D eigenvalue weighted by Crippen LogP contribution is -2.17. The molecule has 0 N–H and O–H groups in total. The number of para-hydroxylation sites is 1. The first-order valence-electron chi connectivity index (χ1n) is 5.09. The Labute approximate surface area is 90.7 Å². The van der Waals surface area contributed by atoms with Crippen LogP contribution in [-0.4, -0.2) is 4.57 Å². The van der Waals surface area contributed by atoms with Gasteiger partial charge in [0.1, 0.15) is 0 Å². The van der Waals surface area contributed by atoms with Crippen LogP contribution in [0.25, 0.3) is 10.9 Å². The van der Waals surface area contributed by atoms with E-state index in [9.17, 15) is 0 Å². The molecule has 2 rings (SSSR count). The predicted molar refractivity (Wildman–Crippen MR) is 64.8 cm³/mol. The number of terminal acetylenes is 1. The fourth-order valence-electron chi connectivity index (χ4n) is 1.96. The first-order valence-corrected chi connectivity index (χ1v) is 5.09. The van der Waals surface area contributed by atoms with E-state index in [1.54, 1.807) is 0 Å². The SMILES string of the molecule is C#CC(C)(C)c1cc2ccccc2n1C. The van der Waals surface area contributed by atoms with Gasteiger partial charge in [-0.05, 0) is 31.4 Å². The summed E-state index contributed by atoms with van der Waals surface area (Å²) in [6, 6.07) is 10.5. The minimum atomic E-state index is -0.215. The van der Waals surface area contributed by atoms with Crippen LogP contribution in [0, 0.1) is 12.3 Å². The van der Waals surface area contributed by atoms with Crippen molar-refractivity contribution in [2.45, 2.75) is 19.3 Å². The molecule has 1 heteroatoms. The lowest BCUT2D eigenvalue weighted by atomic mass is 9.90. The number of rotatable bonds is 1. The molecule has 15 heavy (non-hydrogen) atoms. The van der Waals surface area contributed by atoms with Crippen LogP contribution in [0.5, 0.6) is 0 Å². The maximum atomic E-state index is 5.57. The Balaban J connectivity index is 2.75. The summed E-state index contributed by atoms with van der Waals surface area (Å²) in [6.07, 6.45) is 5.57. The number of benzene rings is 1. The summed E-state index contributed by atoms with van der Waals surface area (Å²) in [5.74, 6) is 2.84. The average Bonchev–Trinajstić information content (AvgIpc) is 2.58. The van der Waals surface area contributed by atoms with Crippen LogP contribution in [-0.2, 0) is 12.5 Å². The number of aryl methyl sites for hydroxylation is 1. The molecular weight excluding hydrogens is 182 g/mol. The van der Waals surface area contributed by atoms with Gasteiger partial charge < -0.3 is 4.57 Å². The summed E-state index contributed by atoms with van der Waals surface area (Å²) in [7, 11) is 2.07. The molecule has 1 aromatic carbocycles. The Morgan fingerprint density at radius 3 is 2.53 bits per heavy atom. The van der Waals surface area contributed by atoms with Gasteiger partial charge in [0.05, 0.1) is 5.41 Å². The summed E-state index contributed by atoms with van der Waals surface area (Å²) in [5, 5.41) is 1.25. The highest BCUT2D eigenvalue weighted by molar-refractivity contribution is 5.81. The van der Waals surface area contributed by atoms with Gasteiger partial charge in [-0.2, -0.15) is 0 Å². The molecule has 0 aliphatic rings. The summed E-state index contributed by atoms with van der Waals surface area (Å²) in [4.78, 5) is 0. The first-order chi connectivity index (χ1) is 7.06. The van der Waals surface area contributed by atoms with Crippen molar-refractivity contribution < 1.29 is 0 Å². The van der Waals surface area contributed by atoms with E-state index in [-0.39, 0.29) is 5.41 Å². The highest BCUT2D eigenvalue weighted by Crippen LogP contribution is 2.28. The van der Waals surface area contributed by atoms with Crippen molar-refractivity contribution in [3.05, 3.63) is 36.0 Å². The normalized spacial score (nSPS) is 11.6. The Hall–Kier alpha value is -1.68. The summed E-state index contributed by atoms with van der Waals surface area (Å²) >= 11 is 0. The molecule has 76 valence electrons. The highest BCUT2D eigenvalue weighted by atomic mass is 15.0. The smallest absolute Gasteiger partial charge is 0.0655 e. The second-order valence-corrected chi connectivity index (χ2v) is 4.42. The van der Waals surface area contributed by atoms with Gasteiger partial charge >= 0.3 is 0 Å². The molecule has 0 bridgehead atoms. The van der Waals surface area contributed by atoms with Crippen LogP contribution in [0.1, 0.15) is 19.5 Å². The van der Waals surface area contributed by atoms with Crippen molar-refractivity contribution in [2.75, 3.05) is 0 Å². The molecule has 0 amide bonds. The summed E-state index contributed by atoms with van der Waals surface area (Å²) in [6.45, 7) is 4.14. The molecule has 1 heterocycles. The molecule has 0 saturated carbocycles. The van der Waals surface area contributed by atoms with Crippen LogP contribution in [0.4, 0.5) is 0 Å². The molecule has 0 saturated heterocycles. The Morgan fingerprint density at radius 1 is 1.27 bits per heavy atom. The van der Waals surface area contributed by atoms with Crippen molar-refractivity contribution >= 4 is 10.9 Å². The molecular formula is C14H15N. The lowest BCUT2D eigenvalue weighted by molar-refractivity contribution is 0.636. The van der Waals surface area contributed by atoms with E-state index in [4.69, 9.17) is 6.42 Å². The van der Waals surface area contributed by atoms with E-state index in [0.717, 1.165) is 0 Å². The van der Waals surface area contributed by atoms with Crippen molar-refractivity contribution in [1.29, 1.82) is 0 Å². The molecule has 0 unspecified atom stereocenters. The van der Waals surface area contributed by atoms with Gasteiger partial charge in [0.15, 0.2) is 0 Å². The van der Waals surface area contributed by atoms with E-state index in [1.165, 1.54) is 16.6 Å². The van der Waals surface area contributed by atoms with Gasteiger partial charge in [-0.15, -0.1) is 6.42 Å². The zero-order chi connectivity index (χ0) is 11.1. The summed E-state index contributed by atoms with van der Waals surface area (Å²) < 4.78 is 2.18. The topological polar surface area (TPSA) is 4.93 Å². The third-order valence-electron chi connectivity index (χ3n) is 2.95. The summed E-state index contributed by atoms with van der Waals surface area (Å²) in [5.41, 5.74) is 2.20. The zero-order valence-corrected chi connectivity index (χ0v) is 9.41. The molecule has 2 aromatic rings. The molecule has 1 nitrogen and oxygen atoms in total. The van der Waals surface area contributed by atoms with Crippen LogP contribution in [0.15, 0.2) is 30.3 Å².